The number of hydrogen-bond acceptors (Lipinski definition) is 10. The van der Waals surface area contributed by atoms with Gasteiger partial charge < -0.3 is 24.2 Å². The molecule has 0 aliphatic carbocycles. The van der Waals surface area contributed by atoms with Gasteiger partial charge in [0.1, 0.15) is 12.7 Å². The summed E-state index contributed by atoms with van der Waals surface area (Å²) in [5.74, 6) is -1.63. The Labute approximate surface area is 461 Å². The van der Waals surface area contributed by atoms with E-state index in [0.717, 1.165) is 109 Å². The maximum atomic E-state index is 12.9. The number of esters is 3. The van der Waals surface area contributed by atoms with Gasteiger partial charge in [0.15, 0.2) is 6.10 Å². The lowest BCUT2D eigenvalue weighted by molar-refractivity contribution is -0.161. The first-order valence-electron chi connectivity index (χ1n) is 29.1. The lowest BCUT2D eigenvalue weighted by Gasteiger charge is -2.21. The molecule has 0 saturated heterocycles. The molecule has 430 valence electrons. The predicted molar refractivity (Wildman–Crippen MR) is 316 cm³/mol. The summed E-state index contributed by atoms with van der Waals surface area (Å²) in [5.41, 5.74) is 0. The number of aliphatic hydroxyl groups is 1. The molecule has 0 spiro atoms. The van der Waals surface area contributed by atoms with Crippen LogP contribution in [-0.2, 0) is 42.2 Å². The molecule has 0 bridgehead atoms. The number of phosphoric acid groups is 1. The van der Waals surface area contributed by atoms with E-state index in [9.17, 15) is 28.9 Å². The maximum absolute atomic E-state index is 12.9. The summed E-state index contributed by atoms with van der Waals surface area (Å²) in [6.07, 6.45) is 71.4. The van der Waals surface area contributed by atoms with E-state index in [1.54, 1.807) is 0 Å². The lowest BCUT2D eigenvalue weighted by atomic mass is 10.1. The highest BCUT2D eigenvalue weighted by atomic mass is 31.2. The molecule has 0 rings (SSSR count). The third kappa shape index (κ3) is 54.4. The first kappa shape index (κ1) is 71.6. The van der Waals surface area contributed by atoms with E-state index in [0.29, 0.717) is 25.7 Å². The van der Waals surface area contributed by atoms with Crippen molar-refractivity contribution in [1.82, 2.24) is 0 Å². The Bertz CT molecular complexity index is 1780. The fourth-order valence-electron chi connectivity index (χ4n) is 7.19. The molecule has 3 atom stereocenters. The molecule has 0 fully saturated rings. The Balaban J connectivity index is 4.86. The third-order valence-corrected chi connectivity index (χ3v) is 12.5. The van der Waals surface area contributed by atoms with E-state index in [-0.39, 0.29) is 25.9 Å². The molecule has 0 aromatic carbocycles. The monoisotopic (exact) mass is 1080 g/mol. The molecule has 2 N–H and O–H groups in total. The van der Waals surface area contributed by atoms with E-state index in [1.165, 1.54) is 38.5 Å². The summed E-state index contributed by atoms with van der Waals surface area (Å²) < 4.78 is 39.4. The van der Waals surface area contributed by atoms with E-state index >= 15 is 0 Å². The molecular weight excluding hydrogens is 976 g/mol. The summed E-state index contributed by atoms with van der Waals surface area (Å²) in [6, 6.07) is 0. The summed E-state index contributed by atoms with van der Waals surface area (Å²) in [4.78, 5) is 48.5. The van der Waals surface area contributed by atoms with Crippen molar-refractivity contribution >= 4 is 25.7 Å². The fourth-order valence-corrected chi connectivity index (χ4v) is 7.97. The second-order valence-electron chi connectivity index (χ2n) is 18.7. The van der Waals surface area contributed by atoms with Crippen LogP contribution < -0.4 is 0 Å². The maximum Gasteiger partial charge on any atom is 0.472 e. The van der Waals surface area contributed by atoms with Crippen LogP contribution in [-0.4, -0.2) is 66.5 Å². The molecule has 3 unspecified atom stereocenters. The highest BCUT2D eigenvalue weighted by Gasteiger charge is 2.28. The van der Waals surface area contributed by atoms with Gasteiger partial charge in [-0.15, -0.1) is 0 Å². The molecule has 0 heterocycles. The van der Waals surface area contributed by atoms with Crippen LogP contribution >= 0.6 is 7.82 Å². The number of phosphoric ester groups is 1. The smallest absolute Gasteiger partial charge is 0.462 e. The summed E-state index contributed by atoms with van der Waals surface area (Å²) >= 11 is 0. The van der Waals surface area contributed by atoms with Crippen LogP contribution in [0.1, 0.15) is 213 Å². The van der Waals surface area contributed by atoms with Gasteiger partial charge in [0.2, 0.25) is 0 Å². The number of rotatable bonds is 52. The number of unbranched alkanes of at least 4 members (excludes halogenated alkanes) is 13. The Morgan fingerprint density at radius 3 is 1.14 bits per heavy atom. The zero-order valence-corrected chi connectivity index (χ0v) is 48.3. The fraction of sp³-hybridized carbons (Fsp3) is 0.609. The van der Waals surface area contributed by atoms with Crippen LogP contribution in [0.3, 0.4) is 0 Å². The van der Waals surface area contributed by atoms with E-state index in [2.05, 4.69) is 142 Å². The van der Waals surface area contributed by atoms with Gasteiger partial charge in [-0.2, -0.15) is 0 Å². The van der Waals surface area contributed by atoms with Crippen LogP contribution in [0, 0.1) is 0 Å². The molecule has 76 heavy (non-hydrogen) atoms. The minimum absolute atomic E-state index is 0.0282. The highest BCUT2D eigenvalue weighted by Crippen LogP contribution is 2.43. The van der Waals surface area contributed by atoms with E-state index in [4.69, 9.17) is 23.3 Å². The first-order valence-corrected chi connectivity index (χ1v) is 30.6. The van der Waals surface area contributed by atoms with Crippen LogP contribution in [0.2, 0.25) is 0 Å². The molecule has 0 radical (unpaired) electrons. The number of ether oxygens (including phenoxy) is 3. The van der Waals surface area contributed by atoms with Gasteiger partial charge in [-0.25, -0.2) is 4.57 Å². The minimum Gasteiger partial charge on any atom is -0.462 e. The lowest BCUT2D eigenvalue weighted by Crippen LogP contribution is -2.30. The summed E-state index contributed by atoms with van der Waals surface area (Å²) in [5, 5.41) is 9.82. The zero-order chi connectivity index (χ0) is 55.5. The van der Waals surface area contributed by atoms with Gasteiger partial charge in [0.25, 0.3) is 0 Å². The molecule has 0 aromatic heterocycles. The van der Waals surface area contributed by atoms with Crippen molar-refractivity contribution in [2.45, 2.75) is 226 Å². The zero-order valence-electron chi connectivity index (χ0n) is 47.4. The molecule has 0 aliphatic rings. The summed E-state index contributed by atoms with van der Waals surface area (Å²) in [6.45, 7) is 4.24. The third-order valence-electron chi connectivity index (χ3n) is 11.6. The van der Waals surface area contributed by atoms with Crippen molar-refractivity contribution in [3.05, 3.63) is 134 Å². The molecule has 0 aliphatic heterocycles. The molecule has 0 amide bonds. The van der Waals surface area contributed by atoms with Crippen molar-refractivity contribution in [3.8, 4) is 0 Å². The van der Waals surface area contributed by atoms with E-state index in [1.807, 2.05) is 12.2 Å². The number of aliphatic hydroxyl groups excluding tert-OH is 1. The Hall–Kier alpha value is -4.38. The average molecular weight is 1080 g/mol. The van der Waals surface area contributed by atoms with Crippen molar-refractivity contribution in [3.63, 3.8) is 0 Å². The van der Waals surface area contributed by atoms with Crippen LogP contribution in [0.4, 0.5) is 0 Å². The molecule has 0 aromatic rings. The highest BCUT2D eigenvalue weighted by molar-refractivity contribution is 7.47. The molecular formula is C64H103O11P. The van der Waals surface area contributed by atoms with Crippen molar-refractivity contribution in [1.29, 1.82) is 0 Å². The normalized spacial score (nSPS) is 14.3. The second-order valence-corrected chi connectivity index (χ2v) is 20.1. The van der Waals surface area contributed by atoms with Crippen LogP contribution in [0.15, 0.2) is 134 Å². The van der Waals surface area contributed by atoms with Crippen molar-refractivity contribution < 1.29 is 52.2 Å². The Morgan fingerprint density at radius 1 is 0.382 bits per heavy atom. The molecule has 12 heteroatoms. The van der Waals surface area contributed by atoms with Crippen molar-refractivity contribution in [2.75, 3.05) is 26.4 Å². The van der Waals surface area contributed by atoms with Crippen LogP contribution in [0.25, 0.3) is 0 Å². The quantitative estimate of drug-likeness (QED) is 0.0197. The number of carbonyl (C=O) groups excluding carboxylic acids is 3. The average Bonchev–Trinajstić information content (AvgIpc) is 3.41. The minimum atomic E-state index is -4.79. The number of allylic oxidation sites excluding steroid dienone is 22. The topological polar surface area (TPSA) is 155 Å². The molecule has 11 nitrogen and oxygen atoms in total. The van der Waals surface area contributed by atoms with Gasteiger partial charge in [0, 0.05) is 19.3 Å². The Morgan fingerprint density at radius 2 is 0.711 bits per heavy atom. The van der Waals surface area contributed by atoms with Crippen molar-refractivity contribution in [2.24, 2.45) is 0 Å². The van der Waals surface area contributed by atoms with Crippen LogP contribution in [0.5, 0.6) is 0 Å². The number of hydrogen-bond donors (Lipinski definition) is 2. The standard InChI is InChI=1S/C64H103O11P/c1-4-7-10-13-16-19-22-25-27-29-30-32-34-37-40-43-46-49-52-55-64(68)75-61(57-71-62(66)53-50-47-44-41-38-35-24-21-18-15-12-9-6-3)59-73-76(69,70)72-58-60(56-65)74-63(67)54-51-48-45-42-39-36-33-31-28-26-23-20-17-14-11-8-5-2/h7,9-10,12,16-21,25-28,30,32,35,37-38,40,46,49,60-61,65H,4-6,8,11,13-15,22-24,29,31,33-34,36,39,41-45,47-48,50-59H2,1-3H3,(H,69,70)/b10-7-,12-9-,19-16-,20-17-,21-18-,27-25-,28-26-,32-30-,38-35-,40-37-,49-46-. The van der Waals surface area contributed by atoms with Gasteiger partial charge >= 0.3 is 25.7 Å². The largest absolute Gasteiger partial charge is 0.472 e. The number of carbonyl (C=O) groups is 3. The first-order chi connectivity index (χ1) is 37.2. The second kappa shape index (κ2) is 56.8. The Kier molecular flexibility index (Phi) is 53.5. The van der Waals surface area contributed by atoms with Gasteiger partial charge in [-0.3, -0.25) is 23.4 Å². The predicted octanol–water partition coefficient (Wildman–Crippen LogP) is 17.4. The van der Waals surface area contributed by atoms with Gasteiger partial charge in [-0.1, -0.05) is 206 Å². The van der Waals surface area contributed by atoms with E-state index < -0.39 is 57.8 Å². The molecule has 0 saturated carbocycles. The SMILES string of the molecule is CC/C=C\C/C=C\C/C=C\C/C=C\C/C=C\C/C=C\CCC(=O)OC(COC(=O)CCCCC/C=C\C/C=C\C/C=C\CC)COP(=O)(O)OCC(CO)OC(=O)CCCCCCCCC/C=C\C/C=C\CCCCC. The van der Waals surface area contributed by atoms with Gasteiger partial charge in [0.05, 0.1) is 19.8 Å². The van der Waals surface area contributed by atoms with Gasteiger partial charge in [-0.05, 0) is 122 Å². The summed E-state index contributed by atoms with van der Waals surface area (Å²) in [7, 11) is -4.79.